The van der Waals surface area contributed by atoms with Gasteiger partial charge in [-0.3, -0.25) is 4.79 Å². The van der Waals surface area contributed by atoms with Crippen molar-refractivity contribution in [3.8, 4) is 0 Å². The van der Waals surface area contributed by atoms with E-state index >= 15 is 0 Å². The van der Waals surface area contributed by atoms with Gasteiger partial charge in [-0.15, -0.1) is 0 Å². The molecule has 132 valence electrons. The van der Waals surface area contributed by atoms with Crippen molar-refractivity contribution in [3.63, 3.8) is 0 Å². The van der Waals surface area contributed by atoms with Crippen molar-refractivity contribution in [2.45, 2.75) is 0 Å². The number of morpholine rings is 1. The molecule has 1 aliphatic rings. The molecule has 1 fully saturated rings. The van der Waals surface area contributed by atoms with Crippen molar-refractivity contribution in [2.75, 3.05) is 48.4 Å². The number of benzene rings is 2. The van der Waals surface area contributed by atoms with E-state index in [0.29, 0.717) is 18.9 Å². The molecule has 0 aliphatic carbocycles. The Bertz CT molecular complexity index is 729. The predicted octanol–water partition coefficient (Wildman–Crippen LogP) is 2.85. The lowest BCUT2D eigenvalue weighted by Gasteiger charge is -2.30. The third kappa shape index (κ3) is 4.24. The van der Waals surface area contributed by atoms with Gasteiger partial charge in [-0.2, -0.15) is 0 Å². The number of hydrogen-bond acceptors (Lipinski definition) is 4. The van der Waals surface area contributed by atoms with Crippen LogP contribution < -0.4 is 15.5 Å². The van der Waals surface area contributed by atoms with Gasteiger partial charge in [-0.05, 0) is 24.3 Å². The zero-order valence-corrected chi connectivity index (χ0v) is 13.6. The molecule has 3 rings (SSSR count). The van der Waals surface area contributed by atoms with Crippen LogP contribution in [0.5, 0.6) is 0 Å². The van der Waals surface area contributed by atoms with Crippen LogP contribution in [0.3, 0.4) is 0 Å². The largest absolute Gasteiger partial charge is 0.378 e. The summed E-state index contributed by atoms with van der Waals surface area (Å²) in [6.07, 6.45) is 0. The fourth-order valence-electron chi connectivity index (χ4n) is 2.69. The van der Waals surface area contributed by atoms with Crippen LogP contribution >= 0.6 is 0 Å². The Morgan fingerprint density at radius 3 is 2.44 bits per heavy atom. The second-order valence-corrected chi connectivity index (χ2v) is 5.61. The maximum Gasteiger partial charge on any atom is 0.243 e. The Hall–Kier alpha value is -2.67. The van der Waals surface area contributed by atoms with Crippen molar-refractivity contribution in [1.29, 1.82) is 0 Å². The van der Waals surface area contributed by atoms with Crippen LogP contribution in [0.4, 0.5) is 25.8 Å². The maximum atomic E-state index is 13.6. The van der Waals surface area contributed by atoms with Gasteiger partial charge in [-0.25, -0.2) is 8.78 Å². The van der Waals surface area contributed by atoms with Gasteiger partial charge in [0, 0.05) is 13.1 Å². The number of nitrogens with one attached hydrogen (secondary N) is 2. The van der Waals surface area contributed by atoms with Crippen LogP contribution in [-0.2, 0) is 9.53 Å². The van der Waals surface area contributed by atoms with Gasteiger partial charge in [0.05, 0.1) is 31.1 Å². The molecule has 1 amide bonds. The number of rotatable bonds is 5. The number of carbonyl (C=O) groups is 1. The first-order valence-corrected chi connectivity index (χ1v) is 8.04. The molecule has 7 heteroatoms. The van der Waals surface area contributed by atoms with Crippen LogP contribution in [-0.4, -0.2) is 38.8 Å². The highest BCUT2D eigenvalue weighted by atomic mass is 19.1. The molecule has 0 saturated carbocycles. The molecule has 25 heavy (non-hydrogen) atoms. The van der Waals surface area contributed by atoms with E-state index in [1.54, 1.807) is 6.07 Å². The van der Waals surface area contributed by atoms with Gasteiger partial charge in [0.2, 0.25) is 5.91 Å². The molecule has 5 nitrogen and oxygen atoms in total. The highest BCUT2D eigenvalue weighted by Gasteiger charge is 2.16. The van der Waals surface area contributed by atoms with E-state index in [1.807, 2.05) is 18.2 Å². The number of hydrogen-bond donors (Lipinski definition) is 2. The molecule has 2 N–H and O–H groups in total. The zero-order chi connectivity index (χ0) is 17.6. The Morgan fingerprint density at radius 1 is 1.04 bits per heavy atom. The van der Waals surface area contributed by atoms with Crippen molar-refractivity contribution < 1.29 is 18.3 Å². The van der Waals surface area contributed by atoms with Gasteiger partial charge in [0.1, 0.15) is 17.3 Å². The molecule has 2 aromatic rings. The van der Waals surface area contributed by atoms with Crippen LogP contribution in [0.25, 0.3) is 0 Å². The molecular weight excluding hydrogens is 328 g/mol. The number of anilines is 3. The monoisotopic (exact) mass is 347 g/mol. The minimum Gasteiger partial charge on any atom is -0.378 e. The lowest BCUT2D eigenvalue weighted by atomic mass is 10.2. The molecule has 0 spiro atoms. The second kappa shape index (κ2) is 7.94. The standard InChI is InChI=1S/C18H19F2N3O2/c19-13-4-3-5-14(20)18(13)21-12-17(24)22-15-6-1-2-7-16(15)23-8-10-25-11-9-23/h1-7,21H,8-12H2,(H,22,24). The highest BCUT2D eigenvalue weighted by Crippen LogP contribution is 2.26. The third-order valence-electron chi connectivity index (χ3n) is 3.92. The van der Waals surface area contributed by atoms with Crippen LogP contribution in [0.15, 0.2) is 42.5 Å². The fraction of sp³-hybridized carbons (Fsp3) is 0.278. The molecule has 0 unspecified atom stereocenters. The van der Waals surface area contributed by atoms with E-state index in [2.05, 4.69) is 15.5 Å². The van der Waals surface area contributed by atoms with Gasteiger partial charge in [-0.1, -0.05) is 18.2 Å². The van der Waals surface area contributed by atoms with E-state index in [0.717, 1.165) is 30.9 Å². The van der Waals surface area contributed by atoms with Crippen molar-refractivity contribution >= 4 is 23.0 Å². The summed E-state index contributed by atoms with van der Waals surface area (Å²) in [4.78, 5) is 14.3. The SMILES string of the molecule is O=C(CNc1c(F)cccc1F)Nc1ccccc1N1CCOCC1. The smallest absolute Gasteiger partial charge is 0.243 e. The summed E-state index contributed by atoms with van der Waals surface area (Å²) in [6.45, 7) is 2.51. The summed E-state index contributed by atoms with van der Waals surface area (Å²) >= 11 is 0. The number of amides is 1. The van der Waals surface area contributed by atoms with Crippen molar-refractivity contribution in [2.24, 2.45) is 0 Å². The first-order valence-electron chi connectivity index (χ1n) is 8.04. The average Bonchev–Trinajstić information content (AvgIpc) is 2.62. The first kappa shape index (κ1) is 17.2. The van der Waals surface area contributed by atoms with E-state index in [9.17, 15) is 13.6 Å². The zero-order valence-electron chi connectivity index (χ0n) is 13.6. The third-order valence-corrected chi connectivity index (χ3v) is 3.92. The number of para-hydroxylation sites is 3. The molecule has 1 saturated heterocycles. The van der Waals surface area contributed by atoms with Gasteiger partial charge >= 0.3 is 0 Å². The Morgan fingerprint density at radius 2 is 1.72 bits per heavy atom. The molecule has 0 radical (unpaired) electrons. The van der Waals surface area contributed by atoms with Crippen LogP contribution in [0.1, 0.15) is 0 Å². The molecule has 1 heterocycles. The van der Waals surface area contributed by atoms with E-state index in [-0.39, 0.29) is 18.1 Å². The quantitative estimate of drug-likeness (QED) is 0.873. The number of nitrogens with zero attached hydrogens (tertiary/aromatic N) is 1. The summed E-state index contributed by atoms with van der Waals surface area (Å²) in [6, 6.07) is 11.0. The highest BCUT2D eigenvalue weighted by molar-refractivity contribution is 5.96. The van der Waals surface area contributed by atoms with Gasteiger partial charge < -0.3 is 20.3 Å². The maximum absolute atomic E-state index is 13.6. The summed E-state index contributed by atoms with van der Waals surface area (Å²) < 4.78 is 32.5. The van der Waals surface area contributed by atoms with Crippen molar-refractivity contribution in [3.05, 3.63) is 54.1 Å². The lowest BCUT2D eigenvalue weighted by Crippen LogP contribution is -2.37. The van der Waals surface area contributed by atoms with E-state index < -0.39 is 11.6 Å². The molecule has 0 aromatic heterocycles. The Labute approximate surface area is 144 Å². The Kier molecular flexibility index (Phi) is 5.45. The summed E-state index contributed by atoms with van der Waals surface area (Å²) in [5.74, 6) is -1.86. The second-order valence-electron chi connectivity index (χ2n) is 5.61. The number of halogens is 2. The topological polar surface area (TPSA) is 53.6 Å². The van der Waals surface area contributed by atoms with Gasteiger partial charge in [0.15, 0.2) is 0 Å². The summed E-state index contributed by atoms with van der Waals surface area (Å²) in [5.41, 5.74) is 1.25. The lowest BCUT2D eigenvalue weighted by molar-refractivity contribution is -0.114. The van der Waals surface area contributed by atoms with Gasteiger partial charge in [0.25, 0.3) is 0 Å². The number of carbonyl (C=O) groups excluding carboxylic acids is 1. The van der Waals surface area contributed by atoms with Crippen molar-refractivity contribution in [1.82, 2.24) is 0 Å². The Balaban J connectivity index is 1.65. The minimum absolute atomic E-state index is 0.241. The summed E-state index contributed by atoms with van der Waals surface area (Å²) in [5, 5.41) is 5.29. The van der Waals surface area contributed by atoms with E-state index in [1.165, 1.54) is 6.07 Å². The van der Waals surface area contributed by atoms with Crippen LogP contribution in [0.2, 0.25) is 0 Å². The molecule has 2 aromatic carbocycles. The molecule has 0 atom stereocenters. The molecule has 0 bridgehead atoms. The minimum atomic E-state index is -0.735. The molecular formula is C18H19F2N3O2. The first-order chi connectivity index (χ1) is 12.1. The fourth-order valence-corrected chi connectivity index (χ4v) is 2.69. The normalized spacial score (nSPS) is 14.2. The summed E-state index contributed by atoms with van der Waals surface area (Å²) in [7, 11) is 0. The predicted molar refractivity (Wildman–Crippen MR) is 93.0 cm³/mol. The van der Waals surface area contributed by atoms with E-state index in [4.69, 9.17) is 4.74 Å². The van der Waals surface area contributed by atoms with Crippen LogP contribution in [0, 0.1) is 11.6 Å². The average molecular weight is 347 g/mol. The molecule has 1 aliphatic heterocycles. The number of ether oxygens (including phenoxy) is 1.